The third-order valence-electron chi connectivity index (χ3n) is 6.35. The molecule has 0 bridgehead atoms. The summed E-state index contributed by atoms with van der Waals surface area (Å²) in [5, 5.41) is 14.4. The van der Waals surface area contributed by atoms with Gasteiger partial charge in [-0.15, -0.1) is 0 Å². The van der Waals surface area contributed by atoms with Crippen molar-refractivity contribution in [1.29, 1.82) is 0 Å². The maximum Gasteiger partial charge on any atom is 0.407 e. The van der Waals surface area contributed by atoms with Gasteiger partial charge >= 0.3 is 12.1 Å². The highest BCUT2D eigenvalue weighted by atomic mass is 16.5. The topological polar surface area (TPSA) is 105 Å². The maximum absolute atomic E-state index is 12.7. The van der Waals surface area contributed by atoms with Crippen LogP contribution in [0.2, 0.25) is 0 Å². The molecule has 34 heavy (non-hydrogen) atoms. The summed E-state index contributed by atoms with van der Waals surface area (Å²) in [6.45, 7) is 6.31. The molecule has 2 aromatic rings. The number of benzene rings is 2. The summed E-state index contributed by atoms with van der Waals surface area (Å²) in [6.07, 6.45) is 0.740. The van der Waals surface area contributed by atoms with E-state index in [0.717, 1.165) is 22.3 Å². The zero-order valence-corrected chi connectivity index (χ0v) is 20.0. The summed E-state index contributed by atoms with van der Waals surface area (Å²) < 4.78 is 5.58. The second kappa shape index (κ2) is 11.7. The molecule has 0 fully saturated rings. The van der Waals surface area contributed by atoms with Gasteiger partial charge in [0.15, 0.2) is 0 Å². The molecule has 2 atom stereocenters. The number of aliphatic carboxylic acids is 1. The highest BCUT2D eigenvalue weighted by molar-refractivity contribution is 5.86. The zero-order chi connectivity index (χ0) is 24.7. The molecule has 0 heterocycles. The molecule has 1 unspecified atom stereocenters. The molecule has 7 heteroatoms. The first-order valence-electron chi connectivity index (χ1n) is 11.9. The van der Waals surface area contributed by atoms with Crippen molar-refractivity contribution in [2.45, 2.75) is 52.0 Å². The van der Waals surface area contributed by atoms with Crippen molar-refractivity contribution < 1.29 is 24.2 Å². The SMILES string of the molecule is CC(CCNC(=O)[C@H](NC(=O)OCC1c2ccccc2-c2ccccc21)C(C)C)CCC(=O)O. The Morgan fingerprint density at radius 3 is 2.09 bits per heavy atom. The van der Waals surface area contributed by atoms with Crippen LogP contribution in [0.4, 0.5) is 4.79 Å². The number of alkyl carbamates (subject to hydrolysis) is 1. The Labute approximate surface area is 200 Å². The van der Waals surface area contributed by atoms with Crippen LogP contribution in [-0.4, -0.2) is 42.3 Å². The van der Waals surface area contributed by atoms with Crippen LogP contribution in [0.15, 0.2) is 48.5 Å². The molecule has 0 aliphatic heterocycles. The van der Waals surface area contributed by atoms with Crippen molar-refractivity contribution in [3.05, 3.63) is 59.7 Å². The van der Waals surface area contributed by atoms with Crippen molar-refractivity contribution in [3.63, 3.8) is 0 Å². The van der Waals surface area contributed by atoms with E-state index < -0.39 is 18.1 Å². The summed E-state index contributed by atoms with van der Waals surface area (Å²) in [5.41, 5.74) is 4.58. The molecule has 0 spiro atoms. The van der Waals surface area contributed by atoms with Crippen LogP contribution in [0.25, 0.3) is 11.1 Å². The van der Waals surface area contributed by atoms with Crippen LogP contribution in [0.5, 0.6) is 0 Å². The number of hydrogen-bond donors (Lipinski definition) is 3. The Morgan fingerprint density at radius 2 is 1.53 bits per heavy atom. The van der Waals surface area contributed by atoms with Gasteiger partial charge in [-0.2, -0.15) is 0 Å². The number of hydrogen-bond acceptors (Lipinski definition) is 4. The van der Waals surface area contributed by atoms with Gasteiger partial charge in [0.25, 0.3) is 0 Å². The maximum atomic E-state index is 12.7. The second-order valence-corrected chi connectivity index (χ2v) is 9.31. The minimum atomic E-state index is -0.817. The molecular weight excluding hydrogens is 432 g/mol. The van der Waals surface area contributed by atoms with Crippen molar-refractivity contribution in [1.82, 2.24) is 10.6 Å². The largest absolute Gasteiger partial charge is 0.481 e. The third-order valence-corrected chi connectivity index (χ3v) is 6.35. The Morgan fingerprint density at radius 1 is 0.941 bits per heavy atom. The molecule has 3 N–H and O–H groups in total. The van der Waals surface area contributed by atoms with Crippen LogP contribution in [0.1, 0.15) is 57.1 Å². The fourth-order valence-corrected chi connectivity index (χ4v) is 4.37. The number of rotatable bonds is 11. The first kappa shape index (κ1) is 25.3. The van der Waals surface area contributed by atoms with Crippen LogP contribution < -0.4 is 10.6 Å². The van der Waals surface area contributed by atoms with Crippen molar-refractivity contribution >= 4 is 18.0 Å². The Balaban J connectivity index is 1.52. The summed E-state index contributed by atoms with van der Waals surface area (Å²) in [5.74, 6) is -1.07. The van der Waals surface area contributed by atoms with Gasteiger partial charge in [0.1, 0.15) is 12.6 Å². The normalized spacial score (nSPS) is 14.1. The van der Waals surface area contributed by atoms with Crippen LogP contribution in [-0.2, 0) is 14.3 Å². The van der Waals surface area contributed by atoms with Crippen molar-refractivity contribution in [2.24, 2.45) is 11.8 Å². The van der Waals surface area contributed by atoms with Gasteiger partial charge in [-0.1, -0.05) is 69.3 Å². The van der Waals surface area contributed by atoms with E-state index in [1.807, 2.05) is 45.0 Å². The number of carboxylic acids is 1. The number of carboxylic acid groups (broad SMARTS) is 1. The smallest absolute Gasteiger partial charge is 0.407 e. The van der Waals surface area contributed by atoms with E-state index in [4.69, 9.17) is 9.84 Å². The molecule has 0 saturated carbocycles. The molecule has 1 aliphatic carbocycles. The third kappa shape index (κ3) is 6.37. The first-order chi connectivity index (χ1) is 16.3. The lowest BCUT2D eigenvalue weighted by atomic mass is 9.98. The van der Waals surface area contributed by atoms with Gasteiger partial charge < -0.3 is 20.5 Å². The number of carbonyl (C=O) groups excluding carboxylic acids is 2. The number of fused-ring (bicyclic) bond motifs is 3. The average Bonchev–Trinajstić information content (AvgIpc) is 3.13. The molecule has 0 saturated heterocycles. The summed E-state index contributed by atoms with van der Waals surface area (Å²) in [4.78, 5) is 36.0. The summed E-state index contributed by atoms with van der Waals surface area (Å²) in [7, 11) is 0. The highest BCUT2D eigenvalue weighted by Gasteiger charge is 2.30. The predicted molar refractivity (Wildman–Crippen MR) is 130 cm³/mol. The lowest BCUT2D eigenvalue weighted by molar-refractivity contribution is -0.137. The van der Waals surface area contributed by atoms with E-state index >= 15 is 0 Å². The molecule has 182 valence electrons. The molecule has 0 aromatic heterocycles. The number of nitrogens with one attached hydrogen (secondary N) is 2. The van der Waals surface area contributed by atoms with Gasteiger partial charge in [-0.25, -0.2) is 4.79 Å². The van der Waals surface area contributed by atoms with E-state index in [9.17, 15) is 14.4 Å². The molecule has 3 rings (SSSR count). The molecule has 2 aromatic carbocycles. The Bertz CT molecular complexity index is 974. The monoisotopic (exact) mass is 466 g/mol. The van der Waals surface area contributed by atoms with Crippen molar-refractivity contribution in [2.75, 3.05) is 13.2 Å². The lowest BCUT2D eigenvalue weighted by Crippen LogP contribution is -2.50. The van der Waals surface area contributed by atoms with E-state index in [0.29, 0.717) is 19.4 Å². The molecule has 2 amide bonds. The first-order valence-corrected chi connectivity index (χ1v) is 11.9. The summed E-state index contributed by atoms with van der Waals surface area (Å²) in [6, 6.07) is 15.5. The zero-order valence-electron chi connectivity index (χ0n) is 20.0. The van der Waals surface area contributed by atoms with Crippen molar-refractivity contribution in [3.8, 4) is 11.1 Å². The second-order valence-electron chi connectivity index (χ2n) is 9.31. The lowest BCUT2D eigenvalue weighted by Gasteiger charge is -2.22. The van der Waals surface area contributed by atoms with Gasteiger partial charge in [0.2, 0.25) is 5.91 Å². The standard InChI is InChI=1S/C27H34N2O5/c1-17(2)25(26(32)28-15-14-18(3)12-13-24(30)31)29-27(33)34-16-23-21-10-6-4-8-19(21)20-9-5-7-11-22(20)23/h4-11,17-18,23,25H,12-16H2,1-3H3,(H,28,32)(H,29,33)(H,30,31)/t18?,25-/m1/s1. The Kier molecular flexibility index (Phi) is 8.68. The quantitative estimate of drug-likeness (QED) is 0.450. The van der Waals surface area contributed by atoms with E-state index in [-0.39, 0.29) is 36.7 Å². The predicted octanol–water partition coefficient (Wildman–Crippen LogP) is 4.56. The van der Waals surface area contributed by atoms with Gasteiger partial charge in [-0.05, 0) is 46.9 Å². The van der Waals surface area contributed by atoms with Gasteiger partial charge in [0, 0.05) is 18.9 Å². The van der Waals surface area contributed by atoms with E-state index in [2.05, 4.69) is 34.9 Å². The molecule has 1 aliphatic rings. The number of carbonyl (C=O) groups is 3. The van der Waals surface area contributed by atoms with Crippen LogP contribution in [0.3, 0.4) is 0 Å². The average molecular weight is 467 g/mol. The molecule has 7 nitrogen and oxygen atoms in total. The minimum Gasteiger partial charge on any atom is -0.481 e. The summed E-state index contributed by atoms with van der Waals surface area (Å²) >= 11 is 0. The van der Waals surface area contributed by atoms with E-state index in [1.54, 1.807) is 0 Å². The molecular formula is C27H34N2O5. The highest BCUT2D eigenvalue weighted by Crippen LogP contribution is 2.44. The van der Waals surface area contributed by atoms with Crippen LogP contribution in [0, 0.1) is 11.8 Å². The number of amides is 2. The van der Waals surface area contributed by atoms with Gasteiger partial charge in [-0.3, -0.25) is 9.59 Å². The van der Waals surface area contributed by atoms with Crippen LogP contribution >= 0.6 is 0 Å². The Hall–Kier alpha value is -3.35. The van der Waals surface area contributed by atoms with Gasteiger partial charge in [0.05, 0.1) is 0 Å². The fraction of sp³-hybridized carbons (Fsp3) is 0.444. The number of ether oxygens (including phenoxy) is 1. The minimum absolute atomic E-state index is 0.0447. The fourth-order valence-electron chi connectivity index (χ4n) is 4.37. The van der Waals surface area contributed by atoms with E-state index in [1.165, 1.54) is 0 Å². The molecule has 0 radical (unpaired) electrons.